The Morgan fingerprint density at radius 1 is 0.720 bits per heavy atom. The molecule has 13 atom stereocenters. The SMILES string of the molecule is CCC(C)[C@H](NC(=O)[C@H](Cc1cnc[nH]1)NC(=O)C1CSSC[C@H](NC(=O)[C@H](Cc2ncc[nH]2)NC(=O)[C@H](Cc2ccccc2)NC(C)=O)C(=O)N2CC(O)C[C@H]2C(=O)N[C@@H](Cc2ccc(O)c(I)c2)C(=O)N[C@@H](CC(=O)O)C(=O)N[C@@H](CC(C)C)C(=O)N1)C(=O)N[C@@H](CC(C)C)C(N)=O. The fourth-order valence-electron chi connectivity index (χ4n) is 11.1. The Morgan fingerprint density at radius 3 is 1.98 bits per heavy atom. The Hall–Kier alpha value is -8.84. The van der Waals surface area contributed by atoms with Gasteiger partial charge in [0.1, 0.15) is 78.0 Å². The van der Waals surface area contributed by atoms with E-state index in [1.807, 2.05) is 36.4 Å². The Kier molecular flexibility index (Phi) is 31.0. The van der Waals surface area contributed by atoms with Gasteiger partial charge in [0.05, 0.1) is 22.4 Å². The number of hydrogen-bond donors (Lipinski definition) is 16. The highest BCUT2D eigenvalue weighted by Gasteiger charge is 2.44. The van der Waals surface area contributed by atoms with E-state index in [1.165, 1.54) is 50.0 Å². The number of H-pyrrole nitrogens is 2. The van der Waals surface area contributed by atoms with Crippen LogP contribution in [0.4, 0.5) is 0 Å². The van der Waals surface area contributed by atoms with Gasteiger partial charge < -0.3 is 89.1 Å². The number of phenols is 1. The smallest absolute Gasteiger partial charge is 0.305 e. The van der Waals surface area contributed by atoms with Gasteiger partial charge in [-0.1, -0.05) is 106 Å². The number of primary amides is 1. The Balaban J connectivity index is 1.44. The molecule has 2 fully saturated rings. The number of aromatic hydroxyl groups is 1. The normalized spacial score (nSPS) is 21.4. The van der Waals surface area contributed by atoms with Crippen molar-refractivity contribution >= 4 is 121 Å². The van der Waals surface area contributed by atoms with Crippen molar-refractivity contribution in [1.29, 1.82) is 0 Å². The van der Waals surface area contributed by atoms with Crippen molar-refractivity contribution in [2.45, 2.75) is 179 Å². The Labute approximate surface area is 599 Å². The zero-order valence-electron chi connectivity index (χ0n) is 56.3. The van der Waals surface area contributed by atoms with Crippen LogP contribution in [-0.2, 0) is 88.0 Å². The number of carboxylic acid groups (broad SMARTS) is 1. The number of amides is 12. The van der Waals surface area contributed by atoms with E-state index in [4.69, 9.17) is 5.73 Å². The summed E-state index contributed by atoms with van der Waals surface area (Å²) in [5, 5.41) is 58.2. The molecule has 4 heterocycles. The summed E-state index contributed by atoms with van der Waals surface area (Å²) in [5.74, 6) is -14.4. The lowest BCUT2D eigenvalue weighted by Crippen LogP contribution is -2.62. The van der Waals surface area contributed by atoms with Crippen LogP contribution in [0.25, 0.3) is 0 Å². The third-order valence-corrected chi connectivity index (χ3v) is 19.7. The predicted octanol–water partition coefficient (Wildman–Crippen LogP) is -0.963. The van der Waals surface area contributed by atoms with E-state index in [-0.39, 0.29) is 61.9 Å². The zero-order chi connectivity index (χ0) is 73.5. The summed E-state index contributed by atoms with van der Waals surface area (Å²) in [4.78, 5) is 200. The molecular formula is C65H89IN16O16S2. The van der Waals surface area contributed by atoms with Gasteiger partial charge in [-0.2, -0.15) is 0 Å². The van der Waals surface area contributed by atoms with E-state index in [2.05, 4.69) is 73.1 Å². The molecule has 0 saturated carbocycles. The number of halogens is 1. The van der Waals surface area contributed by atoms with Gasteiger partial charge in [-0.25, -0.2) is 9.97 Å². The minimum atomic E-state index is -1.94. The van der Waals surface area contributed by atoms with Crippen molar-refractivity contribution in [2.24, 2.45) is 23.5 Å². The maximum Gasteiger partial charge on any atom is 0.305 e. The topological polar surface area (TPSA) is 490 Å². The van der Waals surface area contributed by atoms with Crippen molar-refractivity contribution in [3.05, 3.63) is 99.7 Å². The molecule has 0 spiro atoms. The van der Waals surface area contributed by atoms with E-state index in [9.17, 15) is 68.1 Å². The number of fused-ring (bicyclic) bond motifs is 1. The number of carboxylic acids is 1. The number of carbonyl (C=O) groups is 13. The van der Waals surface area contributed by atoms with Gasteiger partial charge in [-0.15, -0.1) is 0 Å². The number of aliphatic carboxylic acids is 1. The first-order chi connectivity index (χ1) is 47.4. The minimum Gasteiger partial charge on any atom is -0.507 e. The van der Waals surface area contributed by atoms with Gasteiger partial charge in [0.25, 0.3) is 0 Å². The third-order valence-electron chi connectivity index (χ3n) is 16.4. The van der Waals surface area contributed by atoms with Crippen molar-refractivity contribution in [3.8, 4) is 5.75 Å². The molecule has 2 aliphatic rings. The van der Waals surface area contributed by atoms with Crippen LogP contribution in [0.3, 0.4) is 0 Å². The standard InChI is InChI=1S/C65H89IN16O16S2/c1-8-34(6)54(64(97)73-41(55(67)88)18-32(2)3)81-61(94)45(23-38-27-68-31-71-38)75-62(95)48-29-99-100-30-49(80-59(92)46(25-52-69-16-17-70-52)76-57(90)43(72-35(7)83)21-36-12-10-9-11-13-36)65(98)82-28-39(84)24-50(82)63(96)78-44(22-37-14-15-51(85)40(66)20-37)58(91)77-47(26-53(86)87)60(93)74-42(19-33(4)5)56(89)79-48/h9-17,20,27,31-34,39,41-50,54,84-85H,8,18-19,21-26,28-30H2,1-7H3,(H2,67,88)(H,68,71)(H,69,70)(H,72,83)(H,73,97)(H,74,93)(H,75,95)(H,76,90)(H,77,91)(H,78,96)(H,79,89)(H,80,92)(H,81,94)(H,86,87)/t34?,39?,41-,42-,43-,44-,45-,46-,47-,48?,49-,50-,54-/m0/s1. The average Bonchev–Trinajstić information content (AvgIpc) is 1.58. The second-order valence-corrected chi connectivity index (χ2v) is 29.3. The van der Waals surface area contributed by atoms with Gasteiger partial charge in [0.15, 0.2) is 0 Å². The van der Waals surface area contributed by atoms with Crippen molar-refractivity contribution in [1.82, 2.24) is 78.0 Å². The molecule has 17 N–H and O–H groups in total. The van der Waals surface area contributed by atoms with E-state index < -0.39 is 186 Å². The summed E-state index contributed by atoms with van der Waals surface area (Å²) >= 11 is 1.84. The molecule has 2 aromatic carbocycles. The van der Waals surface area contributed by atoms with Crippen molar-refractivity contribution in [3.63, 3.8) is 0 Å². The molecule has 2 aromatic heterocycles. The number of aliphatic hydroxyl groups excluding tert-OH is 1. The molecule has 4 aromatic rings. The summed E-state index contributed by atoms with van der Waals surface area (Å²) < 4.78 is 0.335. The first-order valence-corrected chi connectivity index (χ1v) is 36.2. The number of benzene rings is 2. The number of nitrogens with two attached hydrogens (primary N) is 1. The quantitative estimate of drug-likeness (QED) is 0.0240. The fourth-order valence-corrected chi connectivity index (χ4v) is 14.0. The number of carbonyl (C=O) groups excluding carboxylic acids is 12. The minimum absolute atomic E-state index is 0.00252. The summed E-state index contributed by atoms with van der Waals surface area (Å²) in [6, 6.07) is -3.80. The molecule has 3 unspecified atom stereocenters. The second-order valence-electron chi connectivity index (χ2n) is 25.5. The fraction of sp³-hybridized carbons (Fsp3) is 0.523. The van der Waals surface area contributed by atoms with Crippen LogP contribution in [0.1, 0.15) is 103 Å². The van der Waals surface area contributed by atoms with E-state index in [0.29, 0.717) is 26.8 Å². The first kappa shape index (κ1) is 80.1. The maximum absolute atomic E-state index is 15.4. The number of hydrogen-bond acceptors (Lipinski definition) is 19. The van der Waals surface area contributed by atoms with Crippen LogP contribution in [-0.4, -0.2) is 208 Å². The van der Waals surface area contributed by atoms with Crippen LogP contribution in [0.2, 0.25) is 0 Å². The number of rotatable bonds is 28. The van der Waals surface area contributed by atoms with Crippen molar-refractivity contribution < 1.29 is 77.6 Å². The molecule has 2 saturated heterocycles. The molecule has 0 bridgehead atoms. The molecule has 100 heavy (non-hydrogen) atoms. The molecule has 32 nitrogen and oxygen atoms in total. The molecular weight excluding hydrogens is 1450 g/mol. The van der Waals surface area contributed by atoms with Gasteiger partial charge in [-0.05, 0) is 76.4 Å². The molecule has 6 rings (SSSR count). The summed E-state index contributed by atoms with van der Waals surface area (Å²) in [7, 11) is 1.75. The molecule has 0 radical (unpaired) electrons. The Bertz CT molecular complexity index is 3520. The zero-order valence-corrected chi connectivity index (χ0v) is 60.1. The van der Waals surface area contributed by atoms with Crippen molar-refractivity contribution in [2.75, 3.05) is 18.1 Å². The highest BCUT2D eigenvalue weighted by molar-refractivity contribution is 14.1. The maximum atomic E-state index is 15.4. The van der Waals surface area contributed by atoms with E-state index >= 15 is 9.59 Å². The van der Waals surface area contributed by atoms with Gasteiger partial charge in [0, 0.05) is 81.4 Å². The van der Waals surface area contributed by atoms with Gasteiger partial charge >= 0.3 is 5.97 Å². The van der Waals surface area contributed by atoms with Gasteiger partial charge in [0.2, 0.25) is 70.9 Å². The summed E-state index contributed by atoms with van der Waals surface area (Å²) in [6.45, 7) is 11.2. The summed E-state index contributed by atoms with van der Waals surface area (Å²) in [6.07, 6.45) is 2.18. The third kappa shape index (κ3) is 24.8. The highest BCUT2D eigenvalue weighted by Crippen LogP contribution is 2.28. The number of nitrogens with one attached hydrogen (secondary N) is 12. The van der Waals surface area contributed by atoms with Crippen LogP contribution in [0.5, 0.6) is 5.75 Å². The number of imidazole rings is 2. The van der Waals surface area contributed by atoms with E-state index in [0.717, 1.165) is 26.5 Å². The number of phenolic OH excluding ortho intramolecular Hbond substituents is 1. The lowest BCUT2D eigenvalue weighted by molar-refractivity contribution is -0.142. The molecule has 2 aliphatic heterocycles. The highest BCUT2D eigenvalue weighted by atomic mass is 127. The molecule has 12 amide bonds. The number of aromatic nitrogens is 4. The molecule has 35 heteroatoms. The average molecular weight is 1540 g/mol. The van der Waals surface area contributed by atoms with Crippen LogP contribution >= 0.6 is 44.2 Å². The number of aromatic amines is 2. The summed E-state index contributed by atoms with van der Waals surface area (Å²) in [5.41, 5.74) is 7.02. The van der Waals surface area contributed by atoms with Gasteiger partial charge in [-0.3, -0.25) is 62.3 Å². The van der Waals surface area contributed by atoms with E-state index in [1.54, 1.807) is 58.0 Å². The molecule has 0 aliphatic carbocycles. The number of nitrogens with zero attached hydrogens (tertiary/aromatic N) is 3. The molecule has 544 valence electrons. The Morgan fingerprint density at radius 2 is 1.36 bits per heavy atom. The number of aliphatic hydroxyl groups is 1. The van der Waals surface area contributed by atoms with Crippen LogP contribution in [0, 0.1) is 21.3 Å². The monoisotopic (exact) mass is 1540 g/mol. The predicted molar refractivity (Wildman–Crippen MR) is 375 cm³/mol. The lowest BCUT2D eigenvalue weighted by atomic mass is 9.96. The first-order valence-electron chi connectivity index (χ1n) is 32.6. The second kappa shape index (κ2) is 38.7. The lowest BCUT2D eigenvalue weighted by Gasteiger charge is -2.31. The largest absolute Gasteiger partial charge is 0.507 e. The van der Waals surface area contributed by atoms with Crippen LogP contribution in [0.15, 0.2) is 73.4 Å². The van der Waals surface area contributed by atoms with Crippen LogP contribution < -0.4 is 58.9 Å².